The van der Waals surface area contributed by atoms with Gasteiger partial charge in [-0.25, -0.2) is 0 Å². The van der Waals surface area contributed by atoms with Crippen LogP contribution in [0.3, 0.4) is 0 Å². The SMILES string of the molecule is CCC(CC)C(O)c1cc(Cl)c2c(c1)OCO2. The third-order valence-electron chi connectivity index (χ3n) is 3.29. The highest BCUT2D eigenvalue weighted by molar-refractivity contribution is 6.32. The Labute approximate surface area is 106 Å². The van der Waals surface area contributed by atoms with Gasteiger partial charge in [-0.1, -0.05) is 38.3 Å². The normalized spacial score (nSPS) is 15.4. The average Bonchev–Trinajstić information content (AvgIpc) is 2.79. The number of ether oxygens (including phenoxy) is 2. The molecule has 1 N–H and O–H groups in total. The lowest BCUT2D eigenvalue weighted by Gasteiger charge is -2.20. The largest absolute Gasteiger partial charge is 0.454 e. The molecule has 0 spiro atoms. The lowest BCUT2D eigenvalue weighted by atomic mass is 9.91. The van der Waals surface area contributed by atoms with E-state index in [0.717, 1.165) is 18.4 Å². The van der Waals surface area contributed by atoms with E-state index >= 15 is 0 Å². The van der Waals surface area contributed by atoms with E-state index in [1.54, 1.807) is 6.07 Å². The van der Waals surface area contributed by atoms with E-state index < -0.39 is 6.10 Å². The van der Waals surface area contributed by atoms with Crippen LogP contribution in [0.4, 0.5) is 0 Å². The molecule has 4 heteroatoms. The van der Waals surface area contributed by atoms with Crippen molar-refractivity contribution >= 4 is 11.6 Å². The zero-order chi connectivity index (χ0) is 12.4. The van der Waals surface area contributed by atoms with Crippen molar-refractivity contribution in [3.05, 3.63) is 22.7 Å². The Bertz CT molecular complexity index is 402. The number of halogens is 1. The smallest absolute Gasteiger partial charge is 0.231 e. The number of rotatable bonds is 4. The minimum Gasteiger partial charge on any atom is -0.454 e. The molecular weight excluding hydrogens is 240 g/mol. The third kappa shape index (κ3) is 2.35. The van der Waals surface area contributed by atoms with Crippen molar-refractivity contribution in [3.63, 3.8) is 0 Å². The van der Waals surface area contributed by atoms with E-state index in [9.17, 15) is 5.11 Å². The van der Waals surface area contributed by atoms with Crippen molar-refractivity contribution in [1.82, 2.24) is 0 Å². The van der Waals surface area contributed by atoms with Crippen LogP contribution < -0.4 is 9.47 Å². The van der Waals surface area contributed by atoms with Gasteiger partial charge in [-0.15, -0.1) is 0 Å². The molecule has 1 atom stereocenters. The average molecular weight is 257 g/mol. The summed E-state index contributed by atoms with van der Waals surface area (Å²) in [7, 11) is 0. The molecule has 17 heavy (non-hydrogen) atoms. The number of fused-ring (bicyclic) bond motifs is 1. The maximum atomic E-state index is 10.3. The highest BCUT2D eigenvalue weighted by Crippen LogP contribution is 2.42. The van der Waals surface area contributed by atoms with Crippen LogP contribution in [0, 0.1) is 5.92 Å². The Kier molecular flexibility index (Phi) is 3.79. The molecule has 0 saturated heterocycles. The summed E-state index contributed by atoms with van der Waals surface area (Å²) in [4.78, 5) is 0. The van der Waals surface area contributed by atoms with Gasteiger partial charge in [0.1, 0.15) is 0 Å². The molecule has 1 unspecified atom stereocenters. The fraction of sp³-hybridized carbons (Fsp3) is 0.538. The van der Waals surface area contributed by atoms with Gasteiger partial charge in [0.2, 0.25) is 6.79 Å². The van der Waals surface area contributed by atoms with Crippen LogP contribution in [0.25, 0.3) is 0 Å². The van der Waals surface area contributed by atoms with Gasteiger partial charge < -0.3 is 14.6 Å². The second kappa shape index (κ2) is 5.15. The first-order valence-corrected chi connectivity index (χ1v) is 6.32. The molecule has 0 bridgehead atoms. The van der Waals surface area contributed by atoms with Crippen molar-refractivity contribution in [2.24, 2.45) is 5.92 Å². The molecule has 0 fully saturated rings. The van der Waals surface area contributed by atoms with E-state index in [4.69, 9.17) is 21.1 Å². The molecule has 0 saturated carbocycles. The minimum absolute atomic E-state index is 0.194. The Balaban J connectivity index is 2.30. The van der Waals surface area contributed by atoms with Gasteiger partial charge in [0.25, 0.3) is 0 Å². The van der Waals surface area contributed by atoms with Crippen LogP contribution in [-0.2, 0) is 0 Å². The molecule has 3 nitrogen and oxygen atoms in total. The Morgan fingerprint density at radius 2 is 2.00 bits per heavy atom. The Hall–Kier alpha value is -0.930. The van der Waals surface area contributed by atoms with Gasteiger partial charge in [-0.2, -0.15) is 0 Å². The molecule has 0 aliphatic carbocycles. The van der Waals surface area contributed by atoms with Crippen LogP contribution >= 0.6 is 11.6 Å². The summed E-state index contributed by atoms with van der Waals surface area (Å²) in [6.07, 6.45) is 1.37. The van der Waals surface area contributed by atoms with Crippen LogP contribution in [0.15, 0.2) is 12.1 Å². The molecule has 0 amide bonds. The van der Waals surface area contributed by atoms with Gasteiger partial charge in [0.15, 0.2) is 11.5 Å². The molecule has 1 aliphatic rings. The summed E-state index contributed by atoms with van der Waals surface area (Å²) >= 11 is 6.09. The number of hydrogen-bond acceptors (Lipinski definition) is 3. The zero-order valence-corrected chi connectivity index (χ0v) is 10.8. The highest BCUT2D eigenvalue weighted by atomic mass is 35.5. The van der Waals surface area contributed by atoms with E-state index in [0.29, 0.717) is 16.5 Å². The second-order valence-corrected chi connectivity index (χ2v) is 4.67. The van der Waals surface area contributed by atoms with Crippen LogP contribution in [0.1, 0.15) is 38.4 Å². The Morgan fingerprint density at radius 1 is 1.29 bits per heavy atom. The summed E-state index contributed by atoms with van der Waals surface area (Å²) in [6.45, 7) is 4.34. The quantitative estimate of drug-likeness (QED) is 0.896. The van der Waals surface area contributed by atoms with Crippen LogP contribution in [0.5, 0.6) is 11.5 Å². The summed E-state index contributed by atoms with van der Waals surface area (Å²) in [5, 5.41) is 10.8. The molecule has 2 rings (SSSR count). The maximum absolute atomic E-state index is 10.3. The number of aliphatic hydroxyl groups excluding tert-OH is 1. The predicted octanol–water partition coefficient (Wildman–Crippen LogP) is 3.54. The first-order chi connectivity index (χ1) is 8.17. The van der Waals surface area contributed by atoms with Gasteiger partial charge in [0, 0.05) is 0 Å². The van der Waals surface area contributed by atoms with Crippen molar-refractivity contribution in [3.8, 4) is 11.5 Å². The molecule has 0 aromatic heterocycles. The summed E-state index contributed by atoms with van der Waals surface area (Å²) in [5.74, 6) is 1.44. The maximum Gasteiger partial charge on any atom is 0.231 e. The molecule has 1 heterocycles. The highest BCUT2D eigenvalue weighted by Gasteiger charge is 2.23. The van der Waals surface area contributed by atoms with Gasteiger partial charge in [-0.05, 0) is 23.6 Å². The summed E-state index contributed by atoms with van der Waals surface area (Å²) < 4.78 is 10.5. The molecule has 0 radical (unpaired) electrons. The molecule has 1 aromatic carbocycles. The number of hydrogen-bond donors (Lipinski definition) is 1. The number of aliphatic hydroxyl groups is 1. The summed E-state index contributed by atoms with van der Waals surface area (Å²) in [6, 6.07) is 3.58. The zero-order valence-electron chi connectivity index (χ0n) is 10.1. The van der Waals surface area contributed by atoms with Crippen LogP contribution in [0.2, 0.25) is 5.02 Å². The monoisotopic (exact) mass is 256 g/mol. The fourth-order valence-electron chi connectivity index (χ4n) is 2.17. The Morgan fingerprint density at radius 3 is 2.65 bits per heavy atom. The van der Waals surface area contributed by atoms with Crippen molar-refractivity contribution in [2.75, 3.05) is 6.79 Å². The lowest BCUT2D eigenvalue weighted by Crippen LogP contribution is -2.10. The fourth-order valence-corrected chi connectivity index (χ4v) is 2.44. The third-order valence-corrected chi connectivity index (χ3v) is 3.57. The molecule has 94 valence electrons. The van der Waals surface area contributed by atoms with Crippen molar-refractivity contribution < 1.29 is 14.6 Å². The molecule has 1 aliphatic heterocycles. The van der Waals surface area contributed by atoms with E-state index in [2.05, 4.69) is 13.8 Å². The second-order valence-electron chi connectivity index (χ2n) is 4.26. The van der Waals surface area contributed by atoms with Crippen LogP contribution in [-0.4, -0.2) is 11.9 Å². The topological polar surface area (TPSA) is 38.7 Å². The van der Waals surface area contributed by atoms with E-state index in [1.165, 1.54) is 0 Å². The van der Waals surface area contributed by atoms with Crippen molar-refractivity contribution in [2.45, 2.75) is 32.8 Å². The van der Waals surface area contributed by atoms with Crippen molar-refractivity contribution in [1.29, 1.82) is 0 Å². The van der Waals surface area contributed by atoms with Gasteiger partial charge in [-0.3, -0.25) is 0 Å². The standard InChI is InChI=1S/C13H17ClO3/c1-3-8(4-2)12(15)9-5-10(14)13-11(6-9)16-7-17-13/h5-6,8,12,15H,3-4,7H2,1-2H3. The first kappa shape index (κ1) is 12.5. The minimum atomic E-state index is -0.503. The first-order valence-electron chi connectivity index (χ1n) is 5.94. The lowest BCUT2D eigenvalue weighted by molar-refractivity contribution is 0.103. The predicted molar refractivity (Wildman–Crippen MR) is 66.6 cm³/mol. The van der Waals surface area contributed by atoms with E-state index in [1.807, 2.05) is 6.07 Å². The summed E-state index contributed by atoms with van der Waals surface area (Å²) in [5.41, 5.74) is 0.799. The van der Waals surface area contributed by atoms with E-state index in [-0.39, 0.29) is 12.7 Å². The molecule has 1 aromatic rings. The number of benzene rings is 1. The van der Waals surface area contributed by atoms with Gasteiger partial charge >= 0.3 is 0 Å². The van der Waals surface area contributed by atoms with Gasteiger partial charge in [0.05, 0.1) is 11.1 Å². The molecular formula is C13H17ClO3.